The standard InChI is InChI=1S/C9H10Cl2N2O3/c10-7-3-12-8(11)1-6(7)9(16)13-2-5(15)4-14/h1,3,5,14-15H,2,4H2,(H,13,16). The summed E-state index contributed by atoms with van der Waals surface area (Å²) in [6, 6.07) is 1.32. The van der Waals surface area contributed by atoms with Crippen molar-refractivity contribution < 1.29 is 15.0 Å². The topological polar surface area (TPSA) is 82.5 Å². The quantitative estimate of drug-likeness (QED) is 0.691. The Hall–Kier alpha value is -0.880. The fourth-order valence-corrected chi connectivity index (χ4v) is 1.30. The molecule has 16 heavy (non-hydrogen) atoms. The van der Waals surface area contributed by atoms with Crippen LogP contribution in [0.5, 0.6) is 0 Å². The van der Waals surface area contributed by atoms with Gasteiger partial charge < -0.3 is 15.5 Å². The predicted molar refractivity (Wildman–Crippen MR) is 59.7 cm³/mol. The normalized spacial score (nSPS) is 12.2. The number of rotatable bonds is 4. The summed E-state index contributed by atoms with van der Waals surface area (Å²) >= 11 is 11.4. The van der Waals surface area contributed by atoms with Gasteiger partial charge in [-0.25, -0.2) is 4.98 Å². The number of amides is 1. The predicted octanol–water partition coefficient (Wildman–Crippen LogP) is 0.471. The van der Waals surface area contributed by atoms with Crippen molar-refractivity contribution >= 4 is 29.1 Å². The summed E-state index contributed by atoms with van der Waals surface area (Å²) in [7, 11) is 0. The van der Waals surface area contributed by atoms with Gasteiger partial charge in [0.05, 0.1) is 23.3 Å². The minimum atomic E-state index is -1.000. The number of hydrogen-bond acceptors (Lipinski definition) is 4. The van der Waals surface area contributed by atoms with Gasteiger partial charge in [0.2, 0.25) is 0 Å². The average Bonchev–Trinajstić information content (AvgIpc) is 2.28. The van der Waals surface area contributed by atoms with E-state index in [2.05, 4.69) is 10.3 Å². The van der Waals surface area contributed by atoms with Crippen LogP contribution < -0.4 is 5.32 Å². The molecule has 1 aromatic heterocycles. The van der Waals surface area contributed by atoms with Crippen molar-refractivity contribution in [3.8, 4) is 0 Å². The number of hydrogen-bond donors (Lipinski definition) is 3. The first-order valence-electron chi connectivity index (χ1n) is 4.42. The van der Waals surface area contributed by atoms with E-state index in [1.807, 2.05) is 0 Å². The van der Waals surface area contributed by atoms with Gasteiger partial charge in [0, 0.05) is 12.7 Å². The van der Waals surface area contributed by atoms with E-state index in [0.717, 1.165) is 0 Å². The van der Waals surface area contributed by atoms with Crippen molar-refractivity contribution in [3.63, 3.8) is 0 Å². The lowest BCUT2D eigenvalue weighted by Crippen LogP contribution is -2.34. The lowest BCUT2D eigenvalue weighted by Gasteiger charge is -2.09. The molecule has 88 valence electrons. The van der Waals surface area contributed by atoms with Gasteiger partial charge in [-0.1, -0.05) is 23.2 Å². The van der Waals surface area contributed by atoms with Crippen LogP contribution in [0.1, 0.15) is 10.4 Å². The highest BCUT2D eigenvalue weighted by molar-refractivity contribution is 6.35. The molecule has 1 unspecified atom stereocenters. The van der Waals surface area contributed by atoms with E-state index in [0.29, 0.717) is 0 Å². The van der Waals surface area contributed by atoms with Gasteiger partial charge in [-0.2, -0.15) is 0 Å². The number of aliphatic hydroxyl groups excluding tert-OH is 2. The first-order chi connectivity index (χ1) is 7.54. The van der Waals surface area contributed by atoms with Crippen LogP contribution in [-0.2, 0) is 0 Å². The van der Waals surface area contributed by atoms with Crippen LogP contribution in [-0.4, -0.2) is 40.4 Å². The molecule has 0 aliphatic rings. The molecule has 1 amide bonds. The number of aliphatic hydroxyl groups is 2. The molecule has 1 rings (SSSR count). The van der Waals surface area contributed by atoms with Gasteiger partial charge in [0.15, 0.2) is 0 Å². The highest BCUT2D eigenvalue weighted by Crippen LogP contribution is 2.17. The van der Waals surface area contributed by atoms with Crippen LogP contribution in [0.3, 0.4) is 0 Å². The zero-order valence-corrected chi connectivity index (χ0v) is 9.66. The van der Waals surface area contributed by atoms with Crippen molar-refractivity contribution in [3.05, 3.63) is 28.0 Å². The van der Waals surface area contributed by atoms with Crippen molar-refractivity contribution in [1.29, 1.82) is 0 Å². The zero-order chi connectivity index (χ0) is 12.1. The van der Waals surface area contributed by atoms with Gasteiger partial charge in [-0.15, -0.1) is 0 Å². The second-order valence-corrected chi connectivity index (χ2v) is 3.83. The van der Waals surface area contributed by atoms with Crippen molar-refractivity contribution in [2.75, 3.05) is 13.2 Å². The summed E-state index contributed by atoms with van der Waals surface area (Å²) in [4.78, 5) is 15.3. The smallest absolute Gasteiger partial charge is 0.253 e. The lowest BCUT2D eigenvalue weighted by molar-refractivity contribution is 0.0802. The third-order valence-corrected chi connectivity index (χ3v) is 2.28. The number of carbonyl (C=O) groups is 1. The molecular formula is C9H10Cl2N2O3. The maximum absolute atomic E-state index is 11.6. The maximum atomic E-state index is 11.6. The molecule has 0 saturated carbocycles. The molecule has 0 aromatic carbocycles. The lowest BCUT2D eigenvalue weighted by atomic mass is 10.2. The van der Waals surface area contributed by atoms with E-state index in [9.17, 15) is 4.79 Å². The van der Waals surface area contributed by atoms with E-state index in [-0.39, 0.29) is 22.3 Å². The Balaban J connectivity index is 2.69. The fourth-order valence-electron chi connectivity index (χ4n) is 0.957. The molecule has 1 aromatic rings. The van der Waals surface area contributed by atoms with Crippen LogP contribution in [0, 0.1) is 0 Å². The SMILES string of the molecule is O=C(NCC(O)CO)c1cc(Cl)ncc1Cl. The third kappa shape index (κ3) is 3.61. The van der Waals surface area contributed by atoms with Gasteiger partial charge >= 0.3 is 0 Å². The van der Waals surface area contributed by atoms with Crippen LogP contribution in [0.2, 0.25) is 10.2 Å². The summed E-state index contributed by atoms with van der Waals surface area (Å²) in [6.45, 7) is -0.489. The third-order valence-electron chi connectivity index (χ3n) is 1.78. The number of nitrogens with zero attached hydrogens (tertiary/aromatic N) is 1. The van der Waals surface area contributed by atoms with Crippen LogP contribution >= 0.6 is 23.2 Å². The van der Waals surface area contributed by atoms with E-state index >= 15 is 0 Å². The van der Waals surface area contributed by atoms with Crippen molar-refractivity contribution in [2.24, 2.45) is 0 Å². The van der Waals surface area contributed by atoms with Crippen molar-refractivity contribution in [2.45, 2.75) is 6.10 Å². The summed E-state index contributed by atoms with van der Waals surface area (Å²) in [6.07, 6.45) is 0.265. The molecule has 7 heteroatoms. The molecule has 0 spiro atoms. The number of carbonyl (C=O) groups excluding carboxylic acids is 1. The summed E-state index contributed by atoms with van der Waals surface area (Å²) in [5.41, 5.74) is 0.173. The van der Waals surface area contributed by atoms with E-state index < -0.39 is 18.6 Å². The number of nitrogens with one attached hydrogen (secondary N) is 1. The molecule has 3 N–H and O–H groups in total. The minimum Gasteiger partial charge on any atom is -0.394 e. The number of halogens is 2. The first kappa shape index (κ1) is 13.2. The highest BCUT2D eigenvalue weighted by Gasteiger charge is 2.12. The van der Waals surface area contributed by atoms with E-state index in [1.54, 1.807) is 0 Å². The van der Waals surface area contributed by atoms with E-state index in [4.69, 9.17) is 33.4 Å². The zero-order valence-electron chi connectivity index (χ0n) is 8.15. The Kier molecular flexibility index (Phi) is 4.95. The molecule has 0 saturated heterocycles. The van der Waals surface area contributed by atoms with Gasteiger partial charge in [0.1, 0.15) is 5.15 Å². The largest absolute Gasteiger partial charge is 0.394 e. The maximum Gasteiger partial charge on any atom is 0.253 e. The summed E-state index contributed by atoms with van der Waals surface area (Å²) in [5.74, 6) is -0.484. The second kappa shape index (κ2) is 6.00. The molecule has 0 aliphatic heterocycles. The van der Waals surface area contributed by atoms with Crippen LogP contribution in [0.15, 0.2) is 12.3 Å². The summed E-state index contributed by atoms with van der Waals surface area (Å²) < 4.78 is 0. The number of pyridine rings is 1. The van der Waals surface area contributed by atoms with Gasteiger partial charge in [0.25, 0.3) is 5.91 Å². The molecule has 1 heterocycles. The second-order valence-electron chi connectivity index (χ2n) is 3.03. The Bertz CT molecular complexity index is 387. The number of aromatic nitrogens is 1. The van der Waals surface area contributed by atoms with Crippen molar-refractivity contribution in [1.82, 2.24) is 10.3 Å². The fraction of sp³-hybridized carbons (Fsp3) is 0.333. The summed E-state index contributed by atoms with van der Waals surface area (Å²) in [5, 5.41) is 20.3. The minimum absolute atomic E-state index is 0.0639. The Morgan fingerprint density at radius 1 is 1.56 bits per heavy atom. The Morgan fingerprint density at radius 3 is 2.88 bits per heavy atom. The Morgan fingerprint density at radius 2 is 2.25 bits per heavy atom. The Labute approximate surface area is 102 Å². The molecule has 5 nitrogen and oxygen atoms in total. The molecule has 1 atom stereocenters. The monoisotopic (exact) mass is 264 g/mol. The first-order valence-corrected chi connectivity index (χ1v) is 5.18. The molecular weight excluding hydrogens is 255 g/mol. The van der Waals surface area contributed by atoms with Crippen LogP contribution in [0.25, 0.3) is 0 Å². The van der Waals surface area contributed by atoms with E-state index in [1.165, 1.54) is 12.3 Å². The van der Waals surface area contributed by atoms with Gasteiger partial charge in [-0.3, -0.25) is 4.79 Å². The molecule has 0 radical (unpaired) electrons. The molecule has 0 fully saturated rings. The van der Waals surface area contributed by atoms with Gasteiger partial charge in [-0.05, 0) is 6.07 Å². The van der Waals surface area contributed by atoms with Crippen LogP contribution in [0.4, 0.5) is 0 Å². The average molecular weight is 265 g/mol. The molecule has 0 bridgehead atoms. The molecule has 0 aliphatic carbocycles. The highest BCUT2D eigenvalue weighted by atomic mass is 35.5.